The second-order valence-electron chi connectivity index (χ2n) is 6.61. The molecule has 7 nitrogen and oxygen atoms in total. The summed E-state index contributed by atoms with van der Waals surface area (Å²) < 4.78 is 5.51. The molecule has 1 saturated carbocycles. The summed E-state index contributed by atoms with van der Waals surface area (Å²) in [5.74, 6) is -0.0312. The largest absolute Gasteiger partial charge is 0.356 e. The molecule has 136 valence electrons. The third-order valence-corrected chi connectivity index (χ3v) is 4.96. The molecule has 0 radical (unpaired) electrons. The second-order valence-corrected chi connectivity index (χ2v) is 7.02. The standard InChI is InChI=1S/C18H19ClN4O3/c19-13-4-2-1-3-12(13)16-17(26-9-15(24)21-16)18(25)20-8-11-7-14(23-22-11)10-5-6-10/h1-4,7,10,16-17H,5-6,8-9H2,(H,20,25)(H,21,24)(H,22,23)/t16-,17+/m1/s1. The summed E-state index contributed by atoms with van der Waals surface area (Å²) in [7, 11) is 0. The maximum atomic E-state index is 12.7. The van der Waals surface area contributed by atoms with Crippen molar-refractivity contribution in [2.24, 2.45) is 0 Å². The molecule has 2 heterocycles. The first kappa shape index (κ1) is 17.1. The number of rotatable bonds is 5. The van der Waals surface area contributed by atoms with Gasteiger partial charge in [0.2, 0.25) is 5.91 Å². The Bertz CT molecular complexity index is 833. The second kappa shape index (κ2) is 7.09. The van der Waals surface area contributed by atoms with E-state index in [1.54, 1.807) is 24.3 Å². The Morgan fingerprint density at radius 3 is 2.92 bits per heavy atom. The lowest BCUT2D eigenvalue weighted by Crippen LogP contribution is -2.52. The van der Waals surface area contributed by atoms with E-state index >= 15 is 0 Å². The number of aromatic amines is 1. The van der Waals surface area contributed by atoms with Crippen LogP contribution in [0.5, 0.6) is 0 Å². The lowest BCUT2D eigenvalue weighted by molar-refractivity contribution is -0.148. The molecule has 2 aromatic rings. The van der Waals surface area contributed by atoms with Crippen molar-refractivity contribution in [2.45, 2.75) is 37.5 Å². The molecule has 4 rings (SSSR count). The van der Waals surface area contributed by atoms with Crippen LogP contribution in [0.25, 0.3) is 0 Å². The lowest BCUT2D eigenvalue weighted by atomic mass is 9.99. The monoisotopic (exact) mass is 374 g/mol. The third kappa shape index (κ3) is 3.59. The van der Waals surface area contributed by atoms with Crippen molar-refractivity contribution in [2.75, 3.05) is 6.61 Å². The fraction of sp³-hybridized carbons (Fsp3) is 0.389. The Balaban J connectivity index is 1.45. The van der Waals surface area contributed by atoms with Crippen molar-refractivity contribution in [3.8, 4) is 0 Å². The number of nitrogens with zero attached hydrogens (tertiary/aromatic N) is 1. The molecule has 8 heteroatoms. The summed E-state index contributed by atoms with van der Waals surface area (Å²) in [6.45, 7) is 0.163. The number of benzene rings is 1. The molecule has 1 aliphatic heterocycles. The summed E-state index contributed by atoms with van der Waals surface area (Å²) >= 11 is 6.23. The minimum atomic E-state index is -0.849. The first-order valence-electron chi connectivity index (χ1n) is 8.59. The maximum absolute atomic E-state index is 12.7. The molecule has 2 fully saturated rings. The quantitative estimate of drug-likeness (QED) is 0.743. The van der Waals surface area contributed by atoms with Crippen molar-refractivity contribution in [3.05, 3.63) is 52.3 Å². The number of carbonyl (C=O) groups excluding carboxylic acids is 2. The van der Waals surface area contributed by atoms with Crippen molar-refractivity contribution in [1.29, 1.82) is 0 Å². The Labute approximate surface area is 155 Å². The van der Waals surface area contributed by atoms with Gasteiger partial charge in [-0.1, -0.05) is 29.8 Å². The lowest BCUT2D eigenvalue weighted by Gasteiger charge is -2.32. The molecule has 1 aliphatic carbocycles. The Kier molecular flexibility index (Phi) is 4.65. The van der Waals surface area contributed by atoms with E-state index < -0.39 is 12.1 Å². The first-order chi connectivity index (χ1) is 12.6. The van der Waals surface area contributed by atoms with E-state index in [0.29, 0.717) is 23.0 Å². The summed E-state index contributed by atoms with van der Waals surface area (Å²) in [6, 6.07) is 8.44. The molecule has 1 aromatic heterocycles. The number of nitrogens with one attached hydrogen (secondary N) is 3. The van der Waals surface area contributed by atoms with E-state index in [0.717, 1.165) is 11.4 Å². The Morgan fingerprint density at radius 1 is 1.35 bits per heavy atom. The topological polar surface area (TPSA) is 96.1 Å². The van der Waals surface area contributed by atoms with Crippen LogP contribution < -0.4 is 10.6 Å². The Morgan fingerprint density at radius 2 is 2.15 bits per heavy atom. The molecule has 0 unspecified atom stereocenters. The third-order valence-electron chi connectivity index (χ3n) is 4.61. The van der Waals surface area contributed by atoms with E-state index in [4.69, 9.17) is 16.3 Å². The van der Waals surface area contributed by atoms with Crippen LogP contribution in [0, 0.1) is 0 Å². The van der Waals surface area contributed by atoms with Crippen LogP contribution >= 0.6 is 11.6 Å². The van der Waals surface area contributed by atoms with E-state index in [9.17, 15) is 9.59 Å². The average Bonchev–Trinajstić information content (AvgIpc) is 3.38. The predicted octanol–water partition coefficient (Wildman–Crippen LogP) is 1.81. The highest BCUT2D eigenvalue weighted by atomic mass is 35.5. The normalized spacial score (nSPS) is 22.7. The van der Waals surface area contributed by atoms with Gasteiger partial charge in [-0.05, 0) is 30.5 Å². The van der Waals surface area contributed by atoms with Gasteiger partial charge in [0, 0.05) is 10.9 Å². The van der Waals surface area contributed by atoms with Gasteiger partial charge in [0.15, 0.2) is 6.10 Å². The number of aromatic nitrogens is 2. The zero-order valence-corrected chi connectivity index (χ0v) is 14.8. The number of hydrogen-bond acceptors (Lipinski definition) is 4. The number of H-pyrrole nitrogens is 1. The van der Waals surface area contributed by atoms with Gasteiger partial charge < -0.3 is 15.4 Å². The molecule has 2 amide bonds. The minimum Gasteiger partial charge on any atom is -0.356 e. The van der Waals surface area contributed by atoms with Crippen LogP contribution in [-0.4, -0.2) is 34.7 Å². The number of hydrogen-bond donors (Lipinski definition) is 3. The molecule has 0 spiro atoms. The fourth-order valence-electron chi connectivity index (χ4n) is 3.09. The molecule has 26 heavy (non-hydrogen) atoms. The molecule has 2 aliphatic rings. The van der Waals surface area contributed by atoms with Crippen LogP contribution in [0.15, 0.2) is 30.3 Å². The number of morpholine rings is 1. The summed E-state index contributed by atoms with van der Waals surface area (Å²) in [6.07, 6.45) is 1.50. The molecular formula is C18H19ClN4O3. The molecule has 1 saturated heterocycles. The van der Waals surface area contributed by atoms with Gasteiger partial charge in [0.1, 0.15) is 6.61 Å². The number of ether oxygens (including phenoxy) is 1. The van der Waals surface area contributed by atoms with Gasteiger partial charge in [-0.2, -0.15) is 5.10 Å². The van der Waals surface area contributed by atoms with Crippen molar-refractivity contribution >= 4 is 23.4 Å². The number of amides is 2. The molecular weight excluding hydrogens is 356 g/mol. The van der Waals surface area contributed by atoms with Gasteiger partial charge in [0.25, 0.3) is 5.91 Å². The molecule has 0 bridgehead atoms. The first-order valence-corrected chi connectivity index (χ1v) is 8.97. The van der Waals surface area contributed by atoms with E-state index in [-0.39, 0.29) is 18.4 Å². The van der Waals surface area contributed by atoms with Crippen LogP contribution in [0.3, 0.4) is 0 Å². The summed E-state index contributed by atoms with van der Waals surface area (Å²) in [5, 5.41) is 13.3. The smallest absolute Gasteiger partial charge is 0.251 e. The molecule has 1 aromatic carbocycles. The molecule has 3 N–H and O–H groups in total. The highest BCUT2D eigenvalue weighted by Crippen LogP contribution is 2.39. The number of carbonyl (C=O) groups is 2. The van der Waals surface area contributed by atoms with Crippen LogP contribution in [0.4, 0.5) is 0 Å². The van der Waals surface area contributed by atoms with Crippen molar-refractivity contribution < 1.29 is 14.3 Å². The zero-order valence-electron chi connectivity index (χ0n) is 14.0. The van der Waals surface area contributed by atoms with Gasteiger partial charge in [-0.15, -0.1) is 0 Å². The minimum absolute atomic E-state index is 0.158. The summed E-state index contributed by atoms with van der Waals surface area (Å²) in [5.41, 5.74) is 2.54. The van der Waals surface area contributed by atoms with E-state index in [1.165, 1.54) is 12.8 Å². The maximum Gasteiger partial charge on any atom is 0.251 e. The van der Waals surface area contributed by atoms with E-state index in [1.807, 2.05) is 6.07 Å². The van der Waals surface area contributed by atoms with Crippen molar-refractivity contribution in [3.63, 3.8) is 0 Å². The van der Waals surface area contributed by atoms with Crippen LogP contribution in [0.2, 0.25) is 5.02 Å². The predicted molar refractivity (Wildman–Crippen MR) is 94.5 cm³/mol. The Hall–Kier alpha value is -2.38. The SMILES string of the molecule is O=C1CO[C@H](C(=O)NCc2cc(C3CC3)n[nH]2)[C@@H](c2ccccc2Cl)N1. The van der Waals surface area contributed by atoms with Crippen molar-refractivity contribution in [1.82, 2.24) is 20.8 Å². The van der Waals surface area contributed by atoms with Crippen LogP contribution in [0.1, 0.15) is 41.8 Å². The average molecular weight is 375 g/mol. The highest BCUT2D eigenvalue weighted by molar-refractivity contribution is 6.31. The van der Waals surface area contributed by atoms with Gasteiger partial charge in [-0.25, -0.2) is 0 Å². The zero-order chi connectivity index (χ0) is 18.1. The van der Waals surface area contributed by atoms with Gasteiger partial charge in [0.05, 0.1) is 24.0 Å². The van der Waals surface area contributed by atoms with E-state index in [2.05, 4.69) is 20.8 Å². The van der Waals surface area contributed by atoms with Gasteiger partial charge >= 0.3 is 0 Å². The van der Waals surface area contributed by atoms with Gasteiger partial charge in [-0.3, -0.25) is 14.7 Å². The molecule has 2 atom stereocenters. The fourth-order valence-corrected chi connectivity index (χ4v) is 3.34. The van der Waals surface area contributed by atoms with Crippen LogP contribution in [-0.2, 0) is 20.9 Å². The highest BCUT2D eigenvalue weighted by Gasteiger charge is 2.37. The summed E-state index contributed by atoms with van der Waals surface area (Å²) in [4.78, 5) is 24.4. The number of halogens is 1.